The standard InChI is InChI=1S/C18H17ClN2O3/c1-11-9-15(17(22)23)14-7-2-3-8-16(14)21(11)18(24)20-13-6-4-5-12(19)10-13/h2-8,10-11,15H,9H2,1H3,(H,20,24)(H,22,23). The summed E-state index contributed by atoms with van der Waals surface area (Å²) in [5.74, 6) is -1.48. The lowest BCUT2D eigenvalue weighted by Crippen LogP contribution is -2.46. The number of carboxylic acids is 1. The minimum Gasteiger partial charge on any atom is -0.481 e. The third-order valence-corrected chi connectivity index (χ3v) is 4.42. The lowest BCUT2D eigenvalue weighted by Gasteiger charge is -2.37. The number of para-hydroxylation sites is 1. The van der Waals surface area contributed by atoms with Crippen molar-refractivity contribution in [3.8, 4) is 0 Å². The normalized spacial score (nSPS) is 19.5. The Morgan fingerprint density at radius 2 is 1.96 bits per heavy atom. The van der Waals surface area contributed by atoms with E-state index < -0.39 is 11.9 Å². The van der Waals surface area contributed by atoms with Crippen molar-refractivity contribution >= 4 is 35.0 Å². The molecule has 0 saturated carbocycles. The van der Waals surface area contributed by atoms with Gasteiger partial charge in [0.2, 0.25) is 0 Å². The highest BCUT2D eigenvalue weighted by Crippen LogP contribution is 2.38. The van der Waals surface area contributed by atoms with Crippen LogP contribution in [-0.4, -0.2) is 23.1 Å². The number of amides is 2. The van der Waals surface area contributed by atoms with Gasteiger partial charge in [-0.25, -0.2) is 4.79 Å². The molecule has 124 valence electrons. The molecule has 2 N–H and O–H groups in total. The Kier molecular flexibility index (Phi) is 4.44. The number of halogens is 1. The lowest BCUT2D eigenvalue weighted by molar-refractivity contribution is -0.139. The second kappa shape index (κ2) is 6.53. The number of rotatable bonds is 2. The molecule has 1 heterocycles. The van der Waals surface area contributed by atoms with Gasteiger partial charge < -0.3 is 10.4 Å². The van der Waals surface area contributed by atoms with Crippen molar-refractivity contribution in [3.63, 3.8) is 0 Å². The Balaban J connectivity index is 1.93. The maximum absolute atomic E-state index is 12.8. The third-order valence-electron chi connectivity index (χ3n) is 4.18. The molecule has 2 aromatic rings. The molecule has 2 atom stereocenters. The molecule has 5 nitrogen and oxygen atoms in total. The summed E-state index contributed by atoms with van der Waals surface area (Å²) < 4.78 is 0. The van der Waals surface area contributed by atoms with Crippen molar-refractivity contribution < 1.29 is 14.7 Å². The van der Waals surface area contributed by atoms with Crippen LogP contribution >= 0.6 is 11.6 Å². The van der Waals surface area contributed by atoms with Gasteiger partial charge in [-0.3, -0.25) is 9.69 Å². The SMILES string of the molecule is CC1CC(C(=O)O)c2ccccc2N1C(=O)Nc1cccc(Cl)c1. The summed E-state index contributed by atoms with van der Waals surface area (Å²) in [4.78, 5) is 25.9. The number of aliphatic carboxylic acids is 1. The van der Waals surface area contributed by atoms with Crippen LogP contribution in [0.5, 0.6) is 0 Å². The highest BCUT2D eigenvalue weighted by atomic mass is 35.5. The van der Waals surface area contributed by atoms with Crippen LogP contribution in [0.1, 0.15) is 24.8 Å². The van der Waals surface area contributed by atoms with Crippen LogP contribution < -0.4 is 10.2 Å². The summed E-state index contributed by atoms with van der Waals surface area (Å²) in [7, 11) is 0. The van der Waals surface area contributed by atoms with Crippen LogP contribution in [0, 0.1) is 0 Å². The Hall–Kier alpha value is -2.53. The predicted molar refractivity (Wildman–Crippen MR) is 93.8 cm³/mol. The van der Waals surface area contributed by atoms with Gasteiger partial charge in [0.1, 0.15) is 0 Å². The highest BCUT2D eigenvalue weighted by Gasteiger charge is 2.36. The number of nitrogens with one attached hydrogen (secondary N) is 1. The number of urea groups is 1. The Morgan fingerprint density at radius 3 is 2.67 bits per heavy atom. The molecule has 0 aliphatic carbocycles. The average Bonchev–Trinajstić information content (AvgIpc) is 2.53. The molecule has 2 amide bonds. The van der Waals surface area contributed by atoms with Crippen molar-refractivity contribution in [1.29, 1.82) is 0 Å². The van der Waals surface area contributed by atoms with Gasteiger partial charge in [-0.2, -0.15) is 0 Å². The molecule has 0 radical (unpaired) electrons. The quantitative estimate of drug-likeness (QED) is 0.851. The van der Waals surface area contributed by atoms with E-state index in [1.54, 1.807) is 53.4 Å². The summed E-state index contributed by atoms with van der Waals surface area (Å²) in [6, 6.07) is 13.5. The molecule has 1 aliphatic rings. The zero-order chi connectivity index (χ0) is 17.3. The molecule has 0 aromatic heterocycles. The summed E-state index contributed by atoms with van der Waals surface area (Å²) >= 11 is 5.95. The van der Waals surface area contributed by atoms with E-state index in [0.29, 0.717) is 28.4 Å². The Morgan fingerprint density at radius 1 is 1.21 bits per heavy atom. The van der Waals surface area contributed by atoms with Crippen molar-refractivity contribution in [2.24, 2.45) is 0 Å². The summed E-state index contributed by atoms with van der Waals surface area (Å²) in [5, 5.41) is 12.8. The highest BCUT2D eigenvalue weighted by molar-refractivity contribution is 6.30. The zero-order valence-electron chi connectivity index (χ0n) is 13.1. The molecular weight excluding hydrogens is 328 g/mol. The number of nitrogens with zero attached hydrogens (tertiary/aromatic N) is 1. The van der Waals surface area contributed by atoms with E-state index in [1.807, 2.05) is 6.92 Å². The van der Waals surface area contributed by atoms with Crippen LogP contribution in [0.4, 0.5) is 16.2 Å². The molecule has 24 heavy (non-hydrogen) atoms. The van der Waals surface area contributed by atoms with Crippen molar-refractivity contribution in [2.45, 2.75) is 25.3 Å². The van der Waals surface area contributed by atoms with Gasteiger partial charge in [-0.15, -0.1) is 0 Å². The van der Waals surface area contributed by atoms with E-state index in [9.17, 15) is 14.7 Å². The molecule has 3 rings (SSSR count). The lowest BCUT2D eigenvalue weighted by atomic mass is 9.86. The molecule has 0 saturated heterocycles. The number of hydrogen-bond donors (Lipinski definition) is 2. The first-order valence-corrected chi connectivity index (χ1v) is 8.02. The first kappa shape index (κ1) is 16.3. The molecular formula is C18H17ClN2O3. The van der Waals surface area contributed by atoms with Gasteiger partial charge in [0, 0.05) is 22.4 Å². The van der Waals surface area contributed by atoms with Crippen molar-refractivity contribution in [3.05, 3.63) is 59.1 Å². The topological polar surface area (TPSA) is 69.6 Å². The van der Waals surface area contributed by atoms with Crippen molar-refractivity contribution in [1.82, 2.24) is 0 Å². The van der Waals surface area contributed by atoms with Gasteiger partial charge in [0.25, 0.3) is 0 Å². The van der Waals surface area contributed by atoms with E-state index in [2.05, 4.69) is 5.32 Å². The van der Waals surface area contributed by atoms with E-state index in [4.69, 9.17) is 11.6 Å². The number of hydrogen-bond acceptors (Lipinski definition) is 2. The fourth-order valence-electron chi connectivity index (χ4n) is 3.11. The molecule has 0 spiro atoms. The maximum atomic E-state index is 12.8. The fourth-order valence-corrected chi connectivity index (χ4v) is 3.30. The smallest absolute Gasteiger partial charge is 0.326 e. The monoisotopic (exact) mass is 344 g/mol. The second-order valence-corrected chi connectivity index (χ2v) is 6.28. The minimum absolute atomic E-state index is 0.236. The first-order chi connectivity index (χ1) is 11.5. The van der Waals surface area contributed by atoms with E-state index in [0.717, 1.165) is 0 Å². The molecule has 6 heteroatoms. The zero-order valence-corrected chi connectivity index (χ0v) is 13.8. The van der Waals surface area contributed by atoms with Crippen LogP contribution in [0.3, 0.4) is 0 Å². The molecule has 2 aromatic carbocycles. The Bertz CT molecular complexity index is 793. The van der Waals surface area contributed by atoms with Gasteiger partial charge in [-0.05, 0) is 43.2 Å². The number of anilines is 2. The largest absolute Gasteiger partial charge is 0.481 e. The summed E-state index contributed by atoms with van der Waals surface area (Å²) in [5.41, 5.74) is 1.88. The number of benzene rings is 2. The van der Waals surface area contributed by atoms with Gasteiger partial charge in [-0.1, -0.05) is 35.9 Å². The number of carbonyl (C=O) groups is 2. The van der Waals surface area contributed by atoms with Crippen LogP contribution in [0.2, 0.25) is 5.02 Å². The van der Waals surface area contributed by atoms with Crippen LogP contribution in [-0.2, 0) is 4.79 Å². The number of fused-ring (bicyclic) bond motifs is 1. The molecule has 1 aliphatic heterocycles. The first-order valence-electron chi connectivity index (χ1n) is 7.65. The van der Waals surface area contributed by atoms with E-state index in [1.165, 1.54) is 0 Å². The predicted octanol–water partition coefficient (Wildman–Crippen LogP) is 4.34. The molecule has 0 bridgehead atoms. The molecule has 0 fully saturated rings. The summed E-state index contributed by atoms with van der Waals surface area (Å²) in [6.07, 6.45) is 0.370. The van der Waals surface area contributed by atoms with E-state index >= 15 is 0 Å². The number of carboxylic acid groups (broad SMARTS) is 1. The van der Waals surface area contributed by atoms with Crippen LogP contribution in [0.15, 0.2) is 48.5 Å². The Labute approximate surface area is 144 Å². The number of carbonyl (C=O) groups excluding carboxylic acids is 1. The van der Waals surface area contributed by atoms with E-state index in [-0.39, 0.29) is 12.1 Å². The third kappa shape index (κ3) is 3.08. The second-order valence-electron chi connectivity index (χ2n) is 5.84. The van der Waals surface area contributed by atoms with Gasteiger partial charge >= 0.3 is 12.0 Å². The summed E-state index contributed by atoms with van der Waals surface area (Å²) in [6.45, 7) is 1.85. The minimum atomic E-state index is -0.871. The van der Waals surface area contributed by atoms with Crippen LogP contribution in [0.25, 0.3) is 0 Å². The fraction of sp³-hybridized carbons (Fsp3) is 0.222. The molecule has 2 unspecified atom stereocenters. The van der Waals surface area contributed by atoms with Crippen molar-refractivity contribution in [2.75, 3.05) is 10.2 Å². The average molecular weight is 345 g/mol. The van der Waals surface area contributed by atoms with Gasteiger partial charge in [0.15, 0.2) is 0 Å². The van der Waals surface area contributed by atoms with Gasteiger partial charge in [0.05, 0.1) is 5.92 Å². The maximum Gasteiger partial charge on any atom is 0.326 e.